The number of halogens is 1. The normalized spacial score (nSPS) is 9.60. The fraction of sp³-hybridized carbons (Fsp3) is 0.250. The Bertz CT molecular complexity index is 542. The molecule has 0 aliphatic rings. The van der Waals surface area contributed by atoms with Crippen molar-refractivity contribution in [3.8, 4) is 6.07 Å². The van der Waals surface area contributed by atoms with Gasteiger partial charge in [-0.3, -0.25) is 0 Å². The lowest BCUT2D eigenvalue weighted by atomic mass is 10.2. The molecular formula is C12H12ClN3O4. The minimum absolute atomic E-state index is 0.0751. The number of anilines is 1. The van der Waals surface area contributed by atoms with Gasteiger partial charge in [-0.05, 0) is 18.2 Å². The molecular weight excluding hydrogens is 286 g/mol. The number of amides is 2. The number of nitrogens with zero attached hydrogens (tertiary/aromatic N) is 1. The zero-order chi connectivity index (χ0) is 15.0. The maximum absolute atomic E-state index is 11.5. The van der Waals surface area contributed by atoms with E-state index in [2.05, 4.69) is 10.6 Å². The van der Waals surface area contributed by atoms with Crippen LogP contribution >= 0.6 is 11.6 Å². The van der Waals surface area contributed by atoms with Gasteiger partial charge in [0.05, 0.1) is 28.9 Å². The topological polar surface area (TPSA) is 111 Å². The number of carbonyl (C=O) groups excluding carboxylic acids is 1. The van der Waals surface area contributed by atoms with Gasteiger partial charge in [0.25, 0.3) is 0 Å². The maximum Gasteiger partial charge on any atom is 0.329 e. The zero-order valence-corrected chi connectivity index (χ0v) is 11.1. The van der Waals surface area contributed by atoms with Crippen LogP contribution in [-0.4, -0.2) is 36.9 Å². The molecule has 0 atom stereocenters. The highest BCUT2D eigenvalue weighted by atomic mass is 35.5. The van der Waals surface area contributed by atoms with Crippen LogP contribution in [0.2, 0.25) is 5.02 Å². The molecule has 0 spiro atoms. The number of urea groups is 1. The first-order chi connectivity index (χ1) is 9.52. The van der Waals surface area contributed by atoms with E-state index < -0.39 is 18.6 Å². The number of hydrogen-bond acceptors (Lipinski definition) is 4. The summed E-state index contributed by atoms with van der Waals surface area (Å²) in [6, 6.07) is 5.89. The Morgan fingerprint density at radius 2 is 2.20 bits per heavy atom. The van der Waals surface area contributed by atoms with Crippen molar-refractivity contribution in [1.29, 1.82) is 5.26 Å². The average molecular weight is 298 g/mol. The van der Waals surface area contributed by atoms with Crippen molar-refractivity contribution in [2.24, 2.45) is 0 Å². The van der Waals surface area contributed by atoms with Gasteiger partial charge in [-0.15, -0.1) is 0 Å². The summed E-state index contributed by atoms with van der Waals surface area (Å²) < 4.78 is 4.74. The first kappa shape index (κ1) is 15.8. The summed E-state index contributed by atoms with van der Waals surface area (Å²) in [5, 5.41) is 22.3. The Balaban J connectivity index is 2.39. The number of carboxylic acids is 1. The molecule has 3 N–H and O–H groups in total. The molecule has 2 amide bonds. The predicted molar refractivity (Wildman–Crippen MR) is 71.6 cm³/mol. The summed E-state index contributed by atoms with van der Waals surface area (Å²) >= 11 is 5.87. The molecule has 0 unspecified atom stereocenters. The molecule has 0 fully saturated rings. The van der Waals surface area contributed by atoms with Crippen LogP contribution in [0, 0.1) is 11.3 Å². The Morgan fingerprint density at radius 1 is 1.45 bits per heavy atom. The molecule has 1 aromatic carbocycles. The largest absolute Gasteiger partial charge is 0.480 e. The van der Waals surface area contributed by atoms with E-state index in [4.69, 9.17) is 26.7 Å². The van der Waals surface area contributed by atoms with Gasteiger partial charge in [0, 0.05) is 6.54 Å². The van der Waals surface area contributed by atoms with E-state index in [1.165, 1.54) is 18.2 Å². The minimum atomic E-state index is -1.07. The molecule has 0 aromatic heterocycles. The maximum atomic E-state index is 11.5. The number of carboxylic acid groups (broad SMARTS) is 1. The highest BCUT2D eigenvalue weighted by Crippen LogP contribution is 2.22. The molecule has 0 aliphatic carbocycles. The SMILES string of the molecule is N#Cc1ccc(Cl)c(NC(=O)NCCOCC(=O)O)c1. The van der Waals surface area contributed by atoms with Crippen molar-refractivity contribution in [3.63, 3.8) is 0 Å². The van der Waals surface area contributed by atoms with Gasteiger partial charge < -0.3 is 20.5 Å². The van der Waals surface area contributed by atoms with Gasteiger partial charge in [-0.1, -0.05) is 11.6 Å². The van der Waals surface area contributed by atoms with Crippen molar-refractivity contribution in [3.05, 3.63) is 28.8 Å². The fourth-order valence-electron chi connectivity index (χ4n) is 1.25. The monoisotopic (exact) mass is 297 g/mol. The number of nitriles is 1. The summed E-state index contributed by atoms with van der Waals surface area (Å²) in [4.78, 5) is 21.7. The molecule has 106 valence electrons. The quantitative estimate of drug-likeness (QED) is 0.688. The van der Waals surface area contributed by atoms with E-state index in [1.54, 1.807) is 0 Å². The lowest BCUT2D eigenvalue weighted by Gasteiger charge is -2.09. The minimum Gasteiger partial charge on any atom is -0.480 e. The molecule has 0 heterocycles. The molecule has 8 heteroatoms. The van der Waals surface area contributed by atoms with E-state index >= 15 is 0 Å². The highest BCUT2D eigenvalue weighted by Gasteiger charge is 2.06. The first-order valence-corrected chi connectivity index (χ1v) is 5.94. The molecule has 0 saturated heterocycles. The van der Waals surface area contributed by atoms with Gasteiger partial charge in [-0.25, -0.2) is 9.59 Å². The summed E-state index contributed by atoms with van der Waals surface area (Å²) in [6.45, 7) is -0.195. The van der Waals surface area contributed by atoms with Crippen molar-refractivity contribution in [2.75, 3.05) is 25.1 Å². The van der Waals surface area contributed by atoms with Crippen LogP contribution in [0.25, 0.3) is 0 Å². The summed E-state index contributed by atoms with van der Waals surface area (Å²) in [7, 11) is 0. The smallest absolute Gasteiger partial charge is 0.329 e. The molecule has 0 radical (unpaired) electrons. The number of benzene rings is 1. The molecule has 0 aliphatic heterocycles. The Hall–Kier alpha value is -2.30. The zero-order valence-electron chi connectivity index (χ0n) is 10.4. The van der Waals surface area contributed by atoms with Gasteiger partial charge in [0.15, 0.2) is 0 Å². The van der Waals surface area contributed by atoms with Crippen LogP contribution < -0.4 is 10.6 Å². The van der Waals surface area contributed by atoms with Gasteiger partial charge >= 0.3 is 12.0 Å². The van der Waals surface area contributed by atoms with Gasteiger partial charge in [-0.2, -0.15) is 5.26 Å². The first-order valence-electron chi connectivity index (χ1n) is 5.57. The fourth-order valence-corrected chi connectivity index (χ4v) is 1.42. The second-order valence-corrected chi connectivity index (χ2v) is 4.04. The molecule has 0 bridgehead atoms. The second kappa shape index (κ2) is 7.99. The number of aliphatic carboxylic acids is 1. The van der Waals surface area contributed by atoms with Gasteiger partial charge in [0.1, 0.15) is 6.61 Å². The number of carbonyl (C=O) groups is 2. The van der Waals surface area contributed by atoms with E-state index in [0.717, 1.165) is 0 Å². The van der Waals surface area contributed by atoms with Crippen LogP contribution in [0.3, 0.4) is 0 Å². The summed E-state index contributed by atoms with van der Waals surface area (Å²) in [6.07, 6.45) is 0. The Morgan fingerprint density at radius 3 is 2.85 bits per heavy atom. The van der Waals surface area contributed by atoms with E-state index in [9.17, 15) is 9.59 Å². The Kier molecular flexibility index (Phi) is 6.29. The standard InChI is InChI=1S/C12H12ClN3O4/c13-9-2-1-8(6-14)5-10(9)16-12(19)15-3-4-20-7-11(17)18/h1-2,5H,3-4,7H2,(H,17,18)(H2,15,16,19). The Labute approximate surface area is 120 Å². The number of nitrogens with one attached hydrogen (secondary N) is 2. The molecule has 1 rings (SSSR count). The van der Waals surface area contributed by atoms with Crippen LogP contribution in [0.15, 0.2) is 18.2 Å². The van der Waals surface area contributed by atoms with Gasteiger partial charge in [0.2, 0.25) is 0 Å². The van der Waals surface area contributed by atoms with E-state index in [0.29, 0.717) is 16.3 Å². The van der Waals surface area contributed by atoms with Crippen LogP contribution in [0.5, 0.6) is 0 Å². The average Bonchev–Trinajstić information content (AvgIpc) is 2.40. The second-order valence-electron chi connectivity index (χ2n) is 3.63. The third-order valence-electron chi connectivity index (χ3n) is 2.10. The lowest BCUT2D eigenvalue weighted by Crippen LogP contribution is -2.32. The van der Waals surface area contributed by atoms with Crippen LogP contribution in [-0.2, 0) is 9.53 Å². The molecule has 0 saturated carbocycles. The third-order valence-corrected chi connectivity index (χ3v) is 2.43. The number of hydrogen-bond donors (Lipinski definition) is 3. The number of ether oxygens (including phenoxy) is 1. The summed E-state index contributed by atoms with van der Waals surface area (Å²) in [5.41, 5.74) is 0.684. The number of rotatable bonds is 6. The van der Waals surface area contributed by atoms with Crippen molar-refractivity contribution < 1.29 is 19.4 Å². The van der Waals surface area contributed by atoms with Crippen LogP contribution in [0.4, 0.5) is 10.5 Å². The molecule has 1 aromatic rings. The molecule has 7 nitrogen and oxygen atoms in total. The predicted octanol–water partition coefficient (Wildman–Crippen LogP) is 1.43. The van der Waals surface area contributed by atoms with Crippen LogP contribution in [0.1, 0.15) is 5.56 Å². The van der Waals surface area contributed by atoms with Crippen molar-refractivity contribution in [1.82, 2.24) is 5.32 Å². The highest BCUT2D eigenvalue weighted by molar-refractivity contribution is 6.33. The van der Waals surface area contributed by atoms with E-state index in [-0.39, 0.29) is 13.2 Å². The summed E-state index contributed by atoms with van der Waals surface area (Å²) in [5.74, 6) is -1.07. The molecule has 20 heavy (non-hydrogen) atoms. The van der Waals surface area contributed by atoms with E-state index in [1.807, 2.05) is 6.07 Å². The van der Waals surface area contributed by atoms with Crippen molar-refractivity contribution >= 4 is 29.3 Å². The third kappa shape index (κ3) is 5.56. The van der Waals surface area contributed by atoms with Crippen molar-refractivity contribution in [2.45, 2.75) is 0 Å². The lowest BCUT2D eigenvalue weighted by molar-refractivity contribution is -0.142.